The van der Waals surface area contributed by atoms with Gasteiger partial charge in [0.25, 0.3) is 0 Å². The Hall–Kier alpha value is -0.380. The molecule has 2 aliphatic rings. The van der Waals surface area contributed by atoms with E-state index in [1.165, 1.54) is 37.2 Å². The van der Waals surface area contributed by atoms with Gasteiger partial charge in [0.2, 0.25) is 0 Å². The third kappa shape index (κ3) is 2.79. The lowest BCUT2D eigenvalue weighted by Crippen LogP contribution is -2.31. The molecule has 2 nitrogen and oxygen atoms in total. The predicted octanol–water partition coefficient (Wildman–Crippen LogP) is 3.23. The predicted molar refractivity (Wildman–Crippen MR) is 77.8 cm³/mol. The van der Waals surface area contributed by atoms with E-state index in [-0.39, 0.29) is 0 Å². The second-order valence-electron chi connectivity index (χ2n) is 6.17. The van der Waals surface area contributed by atoms with E-state index in [0.29, 0.717) is 6.04 Å². The van der Waals surface area contributed by atoms with Gasteiger partial charge in [-0.05, 0) is 37.3 Å². The van der Waals surface area contributed by atoms with Gasteiger partial charge in [-0.25, -0.2) is 0 Å². The highest BCUT2D eigenvalue weighted by atomic mass is 32.1. The molecule has 1 aliphatic carbocycles. The van der Waals surface area contributed by atoms with Crippen LogP contribution in [0.15, 0.2) is 12.1 Å². The highest BCUT2D eigenvalue weighted by Crippen LogP contribution is 2.38. The van der Waals surface area contributed by atoms with Crippen LogP contribution < -0.4 is 5.32 Å². The Labute approximate surface area is 114 Å². The molecule has 1 saturated heterocycles. The molecule has 1 aromatic rings. The smallest absolute Gasteiger partial charge is 0.0331 e. The van der Waals surface area contributed by atoms with Gasteiger partial charge in [0.15, 0.2) is 0 Å². The third-order valence-corrected chi connectivity index (χ3v) is 5.35. The Morgan fingerprint density at radius 2 is 2.17 bits per heavy atom. The fourth-order valence-electron chi connectivity index (χ4n) is 3.33. The normalized spacial score (nSPS) is 27.5. The number of thiophene rings is 1. The van der Waals surface area contributed by atoms with Crippen LogP contribution >= 0.6 is 11.3 Å². The monoisotopic (exact) mass is 264 g/mol. The van der Waals surface area contributed by atoms with E-state index in [4.69, 9.17) is 0 Å². The first-order valence-electron chi connectivity index (χ1n) is 7.25. The molecular formula is C15H24N2S. The van der Waals surface area contributed by atoms with Gasteiger partial charge in [-0.3, -0.25) is 4.90 Å². The molecule has 1 aliphatic heterocycles. The molecule has 0 spiro atoms. The molecule has 1 N–H and O–H groups in total. The first-order chi connectivity index (χ1) is 8.70. The number of hydrogen-bond donors (Lipinski definition) is 1. The van der Waals surface area contributed by atoms with Crippen molar-refractivity contribution in [2.45, 2.75) is 58.3 Å². The number of piperidine rings is 1. The van der Waals surface area contributed by atoms with Gasteiger partial charge in [0, 0.05) is 41.5 Å². The van der Waals surface area contributed by atoms with Crippen LogP contribution in [0, 0.1) is 5.92 Å². The molecule has 2 unspecified atom stereocenters. The maximum atomic E-state index is 3.49. The van der Waals surface area contributed by atoms with Gasteiger partial charge in [-0.15, -0.1) is 11.3 Å². The zero-order valence-electron chi connectivity index (χ0n) is 11.5. The minimum atomic E-state index is 0.574. The molecule has 1 aromatic heterocycles. The Balaban J connectivity index is 1.54. The summed E-state index contributed by atoms with van der Waals surface area (Å²) in [6.45, 7) is 7.97. The Kier molecular flexibility index (Phi) is 3.73. The van der Waals surface area contributed by atoms with Gasteiger partial charge in [0.1, 0.15) is 0 Å². The molecule has 0 amide bonds. The number of fused-ring (bicyclic) bond motifs is 2. The summed E-state index contributed by atoms with van der Waals surface area (Å²) in [5.41, 5.74) is 0. The van der Waals surface area contributed by atoms with E-state index in [1.54, 1.807) is 4.88 Å². The van der Waals surface area contributed by atoms with E-state index < -0.39 is 0 Å². The van der Waals surface area contributed by atoms with Gasteiger partial charge >= 0.3 is 0 Å². The molecule has 2 fully saturated rings. The van der Waals surface area contributed by atoms with E-state index in [2.05, 4.69) is 36.2 Å². The van der Waals surface area contributed by atoms with Gasteiger partial charge in [-0.2, -0.15) is 0 Å². The number of likely N-dealkylation sites (tertiary alicyclic amines) is 1. The zero-order valence-corrected chi connectivity index (χ0v) is 12.3. The fraction of sp³-hybridized carbons (Fsp3) is 0.733. The lowest BCUT2D eigenvalue weighted by molar-refractivity contribution is 0.207. The van der Waals surface area contributed by atoms with Crippen molar-refractivity contribution in [2.24, 2.45) is 5.92 Å². The molecule has 2 bridgehead atoms. The van der Waals surface area contributed by atoms with Gasteiger partial charge in [0.05, 0.1) is 0 Å². The quantitative estimate of drug-likeness (QED) is 0.878. The molecule has 18 heavy (non-hydrogen) atoms. The molecule has 3 rings (SSSR count). The molecular weight excluding hydrogens is 240 g/mol. The Morgan fingerprint density at radius 3 is 2.83 bits per heavy atom. The van der Waals surface area contributed by atoms with Crippen LogP contribution in [0.3, 0.4) is 0 Å². The largest absolute Gasteiger partial charge is 0.310 e. The molecule has 2 heterocycles. The van der Waals surface area contributed by atoms with Crippen molar-refractivity contribution in [3.8, 4) is 0 Å². The van der Waals surface area contributed by atoms with Gasteiger partial charge in [-0.1, -0.05) is 13.8 Å². The van der Waals surface area contributed by atoms with Crippen molar-refractivity contribution in [3.63, 3.8) is 0 Å². The lowest BCUT2D eigenvalue weighted by Gasteiger charge is -2.25. The summed E-state index contributed by atoms with van der Waals surface area (Å²) < 4.78 is 0. The number of hydrogen-bond acceptors (Lipinski definition) is 3. The van der Waals surface area contributed by atoms with Crippen LogP contribution in [-0.4, -0.2) is 23.5 Å². The first-order valence-corrected chi connectivity index (χ1v) is 8.07. The minimum absolute atomic E-state index is 0.574. The van der Waals surface area contributed by atoms with Gasteiger partial charge < -0.3 is 5.32 Å². The van der Waals surface area contributed by atoms with Crippen molar-refractivity contribution in [1.29, 1.82) is 0 Å². The zero-order chi connectivity index (χ0) is 12.5. The number of rotatable bonds is 5. The van der Waals surface area contributed by atoms with E-state index >= 15 is 0 Å². The molecule has 100 valence electrons. The average Bonchev–Trinajstić information content (AvgIpc) is 3.02. The van der Waals surface area contributed by atoms with Crippen molar-refractivity contribution in [1.82, 2.24) is 10.2 Å². The summed E-state index contributed by atoms with van der Waals surface area (Å²) in [5.74, 6) is 1.01. The molecule has 2 atom stereocenters. The van der Waals surface area contributed by atoms with E-state index in [9.17, 15) is 0 Å². The first kappa shape index (κ1) is 12.6. The number of nitrogens with zero attached hydrogens (tertiary/aromatic N) is 1. The lowest BCUT2D eigenvalue weighted by atomic mass is 10.1. The molecule has 0 radical (unpaired) electrons. The van der Waals surface area contributed by atoms with Crippen LogP contribution in [0.5, 0.6) is 0 Å². The highest BCUT2D eigenvalue weighted by Gasteiger charge is 2.37. The maximum absolute atomic E-state index is 3.49. The summed E-state index contributed by atoms with van der Waals surface area (Å²) in [7, 11) is 0. The minimum Gasteiger partial charge on any atom is -0.310 e. The third-order valence-electron chi connectivity index (χ3n) is 4.28. The maximum Gasteiger partial charge on any atom is 0.0331 e. The SMILES string of the molecule is CC(C)NCc1ccc(CN2CC3CCC2C3)s1. The molecule has 1 saturated carbocycles. The van der Waals surface area contributed by atoms with Crippen LogP contribution in [-0.2, 0) is 13.1 Å². The molecule has 3 heteroatoms. The fourth-order valence-corrected chi connectivity index (χ4v) is 4.32. The van der Waals surface area contributed by atoms with Crippen LogP contribution in [0.1, 0.15) is 42.9 Å². The summed E-state index contributed by atoms with van der Waals surface area (Å²) in [4.78, 5) is 5.73. The second kappa shape index (κ2) is 5.32. The number of nitrogens with one attached hydrogen (secondary N) is 1. The summed E-state index contributed by atoms with van der Waals surface area (Å²) in [5, 5.41) is 3.49. The van der Waals surface area contributed by atoms with Crippen LogP contribution in [0.25, 0.3) is 0 Å². The van der Waals surface area contributed by atoms with E-state index in [0.717, 1.165) is 18.5 Å². The van der Waals surface area contributed by atoms with Crippen molar-refractivity contribution in [3.05, 3.63) is 21.9 Å². The van der Waals surface area contributed by atoms with Crippen molar-refractivity contribution >= 4 is 11.3 Å². The summed E-state index contributed by atoms with van der Waals surface area (Å²) in [6.07, 6.45) is 4.39. The van der Waals surface area contributed by atoms with Crippen LogP contribution in [0.2, 0.25) is 0 Å². The second-order valence-corrected chi connectivity index (χ2v) is 7.42. The topological polar surface area (TPSA) is 15.3 Å². The summed E-state index contributed by atoms with van der Waals surface area (Å²) in [6, 6.07) is 6.09. The Bertz CT molecular complexity index is 399. The highest BCUT2D eigenvalue weighted by molar-refractivity contribution is 7.11. The van der Waals surface area contributed by atoms with Crippen molar-refractivity contribution in [2.75, 3.05) is 6.54 Å². The summed E-state index contributed by atoms with van der Waals surface area (Å²) >= 11 is 1.98. The van der Waals surface area contributed by atoms with E-state index in [1.807, 2.05) is 11.3 Å². The van der Waals surface area contributed by atoms with Crippen molar-refractivity contribution < 1.29 is 0 Å². The average molecular weight is 264 g/mol. The standard InChI is InChI=1S/C15H24N2S/c1-11(2)16-8-14-5-6-15(18-14)10-17-9-12-3-4-13(17)7-12/h5-6,11-13,16H,3-4,7-10H2,1-2H3. The molecule has 0 aromatic carbocycles. The Morgan fingerprint density at radius 1 is 1.33 bits per heavy atom. The van der Waals surface area contributed by atoms with Crippen LogP contribution in [0.4, 0.5) is 0 Å².